The smallest absolute Gasteiger partial charge is 0.308 e. The molecule has 1 amide bonds. The fourth-order valence-electron chi connectivity index (χ4n) is 3.42. The Morgan fingerprint density at radius 2 is 1.68 bits per heavy atom. The average Bonchev–Trinajstić information content (AvgIpc) is 2.83. The summed E-state index contributed by atoms with van der Waals surface area (Å²) < 4.78 is 65.3. The topological polar surface area (TPSA) is 104 Å². The Kier molecular flexibility index (Phi) is 9.10. The molecule has 0 fully saturated rings. The Bertz CT molecular complexity index is 1430. The molecule has 1 atom stereocenters. The van der Waals surface area contributed by atoms with Crippen LogP contribution < -0.4 is 15.6 Å². The standard InChI is InChI=1S/C25H21ClF4N2O6/c1-12(2)38-21(35)9-18(19(33)11-37-24-22(29)16(27)8-17(28)23(24)30)31-20(34)10-32-6-5-13-3-4-14(26)7-15(13)25(32)36/h3-8,12,18H,9-11H2,1-2H3,(H,31,34). The van der Waals surface area contributed by atoms with Gasteiger partial charge in [0.15, 0.2) is 23.2 Å². The molecule has 8 nitrogen and oxygen atoms in total. The highest BCUT2D eigenvalue weighted by atomic mass is 35.5. The van der Waals surface area contributed by atoms with Gasteiger partial charge in [-0.05, 0) is 37.4 Å². The van der Waals surface area contributed by atoms with Crippen molar-refractivity contribution in [2.45, 2.75) is 39.0 Å². The van der Waals surface area contributed by atoms with Crippen LogP contribution in [0.2, 0.25) is 5.02 Å². The van der Waals surface area contributed by atoms with Crippen molar-refractivity contribution in [3.8, 4) is 5.75 Å². The molecule has 1 aromatic heterocycles. The Balaban J connectivity index is 1.79. The third kappa shape index (κ3) is 6.88. The van der Waals surface area contributed by atoms with Gasteiger partial charge < -0.3 is 19.4 Å². The number of ether oxygens (including phenoxy) is 2. The zero-order valence-corrected chi connectivity index (χ0v) is 20.8. The van der Waals surface area contributed by atoms with Gasteiger partial charge in [0.05, 0.1) is 12.5 Å². The molecule has 202 valence electrons. The van der Waals surface area contributed by atoms with Crippen LogP contribution in [0.25, 0.3) is 10.8 Å². The second-order valence-corrected chi connectivity index (χ2v) is 8.83. The number of carbonyl (C=O) groups excluding carboxylic acids is 3. The van der Waals surface area contributed by atoms with E-state index in [-0.39, 0.29) is 11.5 Å². The van der Waals surface area contributed by atoms with Crippen molar-refractivity contribution in [1.82, 2.24) is 9.88 Å². The van der Waals surface area contributed by atoms with Crippen LogP contribution in [0.15, 0.2) is 41.3 Å². The van der Waals surface area contributed by atoms with Gasteiger partial charge in [0.1, 0.15) is 19.2 Å². The zero-order valence-electron chi connectivity index (χ0n) is 20.0. The van der Waals surface area contributed by atoms with Gasteiger partial charge in [-0.1, -0.05) is 17.7 Å². The Hall–Kier alpha value is -3.93. The van der Waals surface area contributed by atoms with E-state index in [4.69, 9.17) is 16.3 Å². The van der Waals surface area contributed by atoms with Crippen LogP contribution >= 0.6 is 11.6 Å². The monoisotopic (exact) mass is 556 g/mol. The Morgan fingerprint density at radius 3 is 2.32 bits per heavy atom. The van der Waals surface area contributed by atoms with Gasteiger partial charge in [-0.2, -0.15) is 8.78 Å². The number of nitrogens with zero attached hydrogens (tertiary/aromatic N) is 1. The lowest BCUT2D eigenvalue weighted by Crippen LogP contribution is -2.46. The summed E-state index contributed by atoms with van der Waals surface area (Å²) in [4.78, 5) is 50.3. The summed E-state index contributed by atoms with van der Waals surface area (Å²) in [5.41, 5.74) is -0.551. The quantitative estimate of drug-likeness (QED) is 0.232. The maximum atomic E-state index is 13.9. The van der Waals surface area contributed by atoms with Crippen molar-refractivity contribution in [3.05, 3.63) is 75.2 Å². The minimum absolute atomic E-state index is 0.0347. The minimum Gasteiger partial charge on any atom is -0.479 e. The van der Waals surface area contributed by atoms with Crippen LogP contribution in [-0.4, -0.2) is 41.0 Å². The first-order chi connectivity index (χ1) is 17.9. The molecule has 0 aliphatic rings. The number of aromatic nitrogens is 1. The number of esters is 1. The molecule has 0 saturated carbocycles. The summed E-state index contributed by atoms with van der Waals surface area (Å²) >= 11 is 5.94. The third-order valence-corrected chi connectivity index (χ3v) is 5.38. The van der Waals surface area contributed by atoms with Crippen molar-refractivity contribution in [1.29, 1.82) is 0 Å². The minimum atomic E-state index is -1.87. The van der Waals surface area contributed by atoms with Crippen LogP contribution in [0.5, 0.6) is 5.75 Å². The van der Waals surface area contributed by atoms with Crippen molar-refractivity contribution < 1.29 is 41.4 Å². The third-order valence-electron chi connectivity index (χ3n) is 5.15. The summed E-state index contributed by atoms with van der Waals surface area (Å²) in [5, 5.41) is 3.37. The fourth-order valence-corrected chi connectivity index (χ4v) is 3.59. The molecule has 0 bridgehead atoms. The predicted molar refractivity (Wildman–Crippen MR) is 128 cm³/mol. The van der Waals surface area contributed by atoms with Crippen LogP contribution in [0, 0.1) is 23.3 Å². The number of amides is 1. The number of halogens is 5. The summed E-state index contributed by atoms with van der Waals surface area (Å²) in [7, 11) is 0. The van der Waals surface area contributed by atoms with Crippen molar-refractivity contribution >= 4 is 40.0 Å². The molecule has 3 aromatic rings. The first kappa shape index (κ1) is 28.6. The molecule has 3 rings (SSSR count). The number of hydrogen-bond acceptors (Lipinski definition) is 6. The molecule has 2 aromatic carbocycles. The second kappa shape index (κ2) is 12.1. The molecule has 0 aliphatic heterocycles. The van der Waals surface area contributed by atoms with E-state index in [0.717, 1.165) is 4.57 Å². The first-order valence-corrected chi connectivity index (χ1v) is 11.5. The molecule has 0 saturated heterocycles. The SMILES string of the molecule is CC(C)OC(=O)CC(NC(=O)Cn1ccc2ccc(Cl)cc2c1=O)C(=O)COc1c(F)c(F)cc(F)c1F. The van der Waals surface area contributed by atoms with Gasteiger partial charge in [-0.15, -0.1) is 0 Å². The van der Waals surface area contributed by atoms with Gasteiger partial charge in [0.25, 0.3) is 5.56 Å². The number of ketones is 1. The van der Waals surface area contributed by atoms with E-state index in [2.05, 4.69) is 10.1 Å². The number of rotatable bonds is 10. The molecule has 13 heteroatoms. The second-order valence-electron chi connectivity index (χ2n) is 8.40. The van der Waals surface area contributed by atoms with Gasteiger partial charge >= 0.3 is 5.97 Å². The number of pyridine rings is 1. The first-order valence-electron chi connectivity index (χ1n) is 11.1. The summed E-state index contributed by atoms with van der Waals surface area (Å²) in [6.07, 6.45) is 0.0816. The predicted octanol–water partition coefficient (Wildman–Crippen LogP) is 3.69. The highest BCUT2D eigenvalue weighted by Crippen LogP contribution is 2.26. The van der Waals surface area contributed by atoms with Gasteiger partial charge in [-0.3, -0.25) is 19.2 Å². The normalized spacial score (nSPS) is 11.9. The molecule has 0 aliphatic carbocycles. The number of carbonyl (C=O) groups is 3. The fraction of sp³-hybridized carbons (Fsp3) is 0.280. The van der Waals surface area contributed by atoms with Crippen LogP contribution in [0.3, 0.4) is 0 Å². The van der Waals surface area contributed by atoms with E-state index in [9.17, 15) is 36.7 Å². The number of nitrogens with one attached hydrogen (secondary N) is 1. The van der Waals surface area contributed by atoms with E-state index >= 15 is 0 Å². The summed E-state index contributed by atoms with van der Waals surface area (Å²) in [6, 6.07) is 4.54. The van der Waals surface area contributed by atoms with Crippen molar-refractivity contribution in [2.75, 3.05) is 6.61 Å². The summed E-state index contributed by atoms with van der Waals surface area (Å²) in [6.45, 7) is 1.35. The molecule has 0 radical (unpaired) electrons. The summed E-state index contributed by atoms with van der Waals surface area (Å²) in [5.74, 6) is -11.6. The van der Waals surface area contributed by atoms with Gasteiger partial charge in [-0.25, -0.2) is 8.78 Å². The van der Waals surface area contributed by atoms with Gasteiger partial charge in [0, 0.05) is 22.7 Å². The van der Waals surface area contributed by atoms with E-state index in [1.54, 1.807) is 32.0 Å². The van der Waals surface area contributed by atoms with E-state index < -0.39 is 84.0 Å². The van der Waals surface area contributed by atoms with Gasteiger partial charge in [0.2, 0.25) is 17.5 Å². The highest BCUT2D eigenvalue weighted by molar-refractivity contribution is 6.31. The number of Topliss-reactive ketones (excluding diaryl/α,β-unsaturated/α-hetero) is 1. The zero-order chi connectivity index (χ0) is 28.1. The molecule has 1 heterocycles. The molecule has 38 heavy (non-hydrogen) atoms. The van der Waals surface area contributed by atoms with E-state index in [0.29, 0.717) is 10.4 Å². The molecular weight excluding hydrogens is 536 g/mol. The van der Waals surface area contributed by atoms with E-state index in [1.807, 2.05) is 0 Å². The lowest BCUT2D eigenvalue weighted by Gasteiger charge is -2.19. The lowest BCUT2D eigenvalue weighted by atomic mass is 10.1. The Labute approximate surface area is 218 Å². The van der Waals surface area contributed by atoms with Crippen LogP contribution in [-0.2, 0) is 25.7 Å². The molecule has 1 N–H and O–H groups in total. The molecule has 0 spiro atoms. The average molecular weight is 557 g/mol. The number of hydrogen-bond donors (Lipinski definition) is 1. The van der Waals surface area contributed by atoms with Crippen molar-refractivity contribution in [2.24, 2.45) is 0 Å². The number of fused-ring (bicyclic) bond motifs is 1. The maximum absolute atomic E-state index is 13.9. The van der Waals surface area contributed by atoms with Crippen LogP contribution in [0.1, 0.15) is 20.3 Å². The highest BCUT2D eigenvalue weighted by Gasteiger charge is 2.28. The lowest BCUT2D eigenvalue weighted by molar-refractivity contribution is -0.149. The molecule has 1 unspecified atom stereocenters. The Morgan fingerprint density at radius 1 is 1.03 bits per heavy atom. The maximum Gasteiger partial charge on any atom is 0.308 e. The van der Waals surface area contributed by atoms with Crippen LogP contribution in [0.4, 0.5) is 17.6 Å². The molecular formula is C25H21ClF4N2O6. The van der Waals surface area contributed by atoms with Crippen molar-refractivity contribution in [3.63, 3.8) is 0 Å². The number of benzene rings is 2. The van der Waals surface area contributed by atoms with E-state index in [1.165, 1.54) is 12.3 Å². The largest absolute Gasteiger partial charge is 0.479 e.